The highest BCUT2D eigenvalue weighted by Crippen LogP contribution is 2.28. The number of pyridine rings is 1. The number of amides is 1. The summed E-state index contributed by atoms with van der Waals surface area (Å²) in [4.78, 5) is 17.5. The van der Waals surface area contributed by atoms with Crippen LogP contribution >= 0.6 is 0 Å². The van der Waals surface area contributed by atoms with E-state index in [-0.39, 0.29) is 5.91 Å². The molecule has 1 aromatic rings. The first-order valence-corrected chi connectivity index (χ1v) is 6.00. The molecule has 1 saturated carbocycles. The maximum absolute atomic E-state index is 11.7. The average Bonchev–Trinajstić information content (AvgIpc) is 2.27. The van der Waals surface area contributed by atoms with Gasteiger partial charge in [-0.25, -0.2) is 4.98 Å². The fourth-order valence-corrected chi connectivity index (χ4v) is 2.09. The number of hydrogen-bond acceptors (Lipinski definition) is 3. The molecule has 1 heterocycles. The van der Waals surface area contributed by atoms with Crippen molar-refractivity contribution in [3.63, 3.8) is 0 Å². The van der Waals surface area contributed by atoms with Gasteiger partial charge in [0.2, 0.25) is 0 Å². The zero-order chi connectivity index (χ0) is 12.4. The van der Waals surface area contributed by atoms with Gasteiger partial charge in [-0.3, -0.25) is 4.79 Å². The number of nitrogens with one attached hydrogen (secondary N) is 1. The van der Waals surface area contributed by atoms with Gasteiger partial charge in [0, 0.05) is 26.3 Å². The minimum atomic E-state index is -0.0127. The number of carbonyl (C=O) groups excluding carboxylic acids is 1. The van der Waals surface area contributed by atoms with Crippen LogP contribution in [0.3, 0.4) is 0 Å². The van der Waals surface area contributed by atoms with Crippen LogP contribution in [-0.2, 0) is 0 Å². The second-order valence-electron chi connectivity index (χ2n) is 5.05. The topological polar surface area (TPSA) is 45.2 Å². The van der Waals surface area contributed by atoms with Crippen molar-refractivity contribution in [3.8, 4) is 0 Å². The molecule has 17 heavy (non-hydrogen) atoms. The van der Waals surface area contributed by atoms with E-state index in [4.69, 9.17) is 0 Å². The summed E-state index contributed by atoms with van der Waals surface area (Å²) in [7, 11) is 3.48. The van der Waals surface area contributed by atoms with Crippen LogP contribution in [-0.4, -0.2) is 35.9 Å². The van der Waals surface area contributed by atoms with Gasteiger partial charge in [0.1, 0.15) is 5.82 Å². The van der Waals surface area contributed by atoms with E-state index in [0.717, 1.165) is 11.7 Å². The monoisotopic (exact) mass is 233 g/mol. The molecule has 0 atom stereocenters. The van der Waals surface area contributed by atoms with Gasteiger partial charge in [-0.2, -0.15) is 0 Å². The number of hydrogen-bond donors (Lipinski definition) is 1. The minimum absolute atomic E-state index is 0.0127. The van der Waals surface area contributed by atoms with Crippen LogP contribution in [0.1, 0.15) is 30.1 Å². The molecule has 1 aromatic heterocycles. The number of aromatic nitrogens is 1. The van der Waals surface area contributed by atoms with Crippen LogP contribution in [0.5, 0.6) is 0 Å². The Hall–Kier alpha value is -1.58. The second kappa shape index (κ2) is 4.73. The lowest BCUT2D eigenvalue weighted by Crippen LogP contribution is -2.34. The van der Waals surface area contributed by atoms with Crippen LogP contribution in [0.15, 0.2) is 18.3 Å². The normalized spacial score (nSPS) is 22.8. The fraction of sp³-hybridized carbons (Fsp3) is 0.538. The molecule has 0 saturated heterocycles. The van der Waals surface area contributed by atoms with E-state index in [1.54, 1.807) is 25.2 Å². The zero-order valence-electron chi connectivity index (χ0n) is 10.6. The molecule has 0 aliphatic heterocycles. The predicted octanol–water partition coefficient (Wildman–Crippen LogP) is 1.99. The molecule has 0 aromatic carbocycles. The van der Waals surface area contributed by atoms with E-state index in [1.165, 1.54) is 12.8 Å². The summed E-state index contributed by atoms with van der Waals surface area (Å²) in [6, 6.07) is 4.24. The van der Waals surface area contributed by atoms with Gasteiger partial charge in [0.25, 0.3) is 5.91 Å². The van der Waals surface area contributed by atoms with Crippen LogP contribution in [0.25, 0.3) is 0 Å². The average molecular weight is 233 g/mol. The Morgan fingerprint density at radius 1 is 1.41 bits per heavy atom. The molecule has 0 spiro atoms. The third kappa shape index (κ3) is 2.75. The first-order chi connectivity index (χ1) is 8.06. The van der Waals surface area contributed by atoms with E-state index in [9.17, 15) is 4.79 Å². The summed E-state index contributed by atoms with van der Waals surface area (Å²) in [6.07, 6.45) is 4.05. The SMILES string of the molecule is CC1CC(Nc2ccc(C(=O)N(C)C)cn2)C1. The first-order valence-electron chi connectivity index (χ1n) is 6.00. The van der Waals surface area contributed by atoms with Crippen molar-refractivity contribution in [2.75, 3.05) is 19.4 Å². The summed E-state index contributed by atoms with van der Waals surface area (Å²) < 4.78 is 0. The highest BCUT2D eigenvalue weighted by atomic mass is 16.2. The molecule has 92 valence electrons. The standard InChI is InChI=1S/C13H19N3O/c1-9-6-11(7-9)15-12-5-4-10(8-14-12)13(17)16(2)3/h4-5,8-9,11H,6-7H2,1-3H3,(H,14,15). The second-order valence-corrected chi connectivity index (χ2v) is 5.05. The summed E-state index contributed by atoms with van der Waals surface area (Å²) in [6.45, 7) is 2.25. The van der Waals surface area contributed by atoms with Crippen molar-refractivity contribution < 1.29 is 4.79 Å². The highest BCUT2D eigenvalue weighted by molar-refractivity contribution is 5.93. The fourth-order valence-electron chi connectivity index (χ4n) is 2.09. The summed E-state index contributed by atoms with van der Waals surface area (Å²) >= 11 is 0. The lowest BCUT2D eigenvalue weighted by Gasteiger charge is -2.33. The smallest absolute Gasteiger partial charge is 0.254 e. The largest absolute Gasteiger partial charge is 0.367 e. The van der Waals surface area contributed by atoms with Crippen LogP contribution in [0.4, 0.5) is 5.82 Å². The van der Waals surface area contributed by atoms with Crippen molar-refractivity contribution in [3.05, 3.63) is 23.9 Å². The van der Waals surface area contributed by atoms with Crippen molar-refractivity contribution in [1.82, 2.24) is 9.88 Å². The van der Waals surface area contributed by atoms with Gasteiger partial charge >= 0.3 is 0 Å². The minimum Gasteiger partial charge on any atom is -0.367 e. The number of rotatable bonds is 3. The number of carbonyl (C=O) groups is 1. The highest BCUT2D eigenvalue weighted by Gasteiger charge is 2.25. The Labute approximate surface area is 102 Å². The summed E-state index contributed by atoms with van der Waals surface area (Å²) in [5.41, 5.74) is 0.627. The van der Waals surface area contributed by atoms with E-state index in [0.29, 0.717) is 11.6 Å². The van der Waals surface area contributed by atoms with Gasteiger partial charge in [-0.15, -0.1) is 0 Å². The maximum atomic E-state index is 11.7. The van der Waals surface area contributed by atoms with E-state index < -0.39 is 0 Å². The lowest BCUT2D eigenvalue weighted by atomic mass is 9.82. The predicted molar refractivity (Wildman–Crippen MR) is 68.1 cm³/mol. The molecular weight excluding hydrogens is 214 g/mol. The van der Waals surface area contributed by atoms with Crippen molar-refractivity contribution in [1.29, 1.82) is 0 Å². The first kappa shape index (κ1) is 11.9. The Bertz CT molecular complexity index is 394. The number of anilines is 1. The van der Waals surface area contributed by atoms with Crippen molar-refractivity contribution >= 4 is 11.7 Å². The molecule has 4 heteroatoms. The van der Waals surface area contributed by atoms with Gasteiger partial charge in [-0.1, -0.05) is 6.92 Å². The van der Waals surface area contributed by atoms with Crippen molar-refractivity contribution in [2.24, 2.45) is 5.92 Å². The van der Waals surface area contributed by atoms with Crippen molar-refractivity contribution in [2.45, 2.75) is 25.8 Å². The molecule has 1 N–H and O–H groups in total. The molecule has 1 fully saturated rings. The molecule has 0 radical (unpaired) electrons. The maximum Gasteiger partial charge on any atom is 0.254 e. The number of nitrogens with zero attached hydrogens (tertiary/aromatic N) is 2. The van der Waals surface area contributed by atoms with Crippen LogP contribution in [0.2, 0.25) is 0 Å². The van der Waals surface area contributed by atoms with Crippen LogP contribution in [0, 0.1) is 5.92 Å². The molecule has 1 aliphatic rings. The quantitative estimate of drug-likeness (QED) is 0.868. The molecule has 0 bridgehead atoms. The molecular formula is C13H19N3O. The molecule has 1 amide bonds. The van der Waals surface area contributed by atoms with Gasteiger partial charge in [0.15, 0.2) is 0 Å². The zero-order valence-corrected chi connectivity index (χ0v) is 10.6. The van der Waals surface area contributed by atoms with E-state index >= 15 is 0 Å². The van der Waals surface area contributed by atoms with Gasteiger partial charge < -0.3 is 10.2 Å². The Kier molecular flexibility index (Phi) is 3.31. The van der Waals surface area contributed by atoms with Gasteiger partial charge in [-0.05, 0) is 30.9 Å². The Morgan fingerprint density at radius 3 is 2.59 bits per heavy atom. The molecule has 0 unspecified atom stereocenters. The third-order valence-electron chi connectivity index (χ3n) is 3.14. The molecule has 1 aliphatic carbocycles. The third-order valence-corrected chi connectivity index (χ3v) is 3.14. The van der Waals surface area contributed by atoms with E-state index in [1.807, 2.05) is 12.1 Å². The van der Waals surface area contributed by atoms with E-state index in [2.05, 4.69) is 17.2 Å². The Balaban J connectivity index is 1.96. The summed E-state index contributed by atoms with van der Waals surface area (Å²) in [5, 5.41) is 3.37. The van der Waals surface area contributed by atoms with Crippen LogP contribution < -0.4 is 5.32 Å². The lowest BCUT2D eigenvalue weighted by molar-refractivity contribution is 0.0827. The molecule has 2 rings (SSSR count). The molecule has 4 nitrogen and oxygen atoms in total. The van der Waals surface area contributed by atoms with Gasteiger partial charge in [0.05, 0.1) is 5.56 Å². The summed E-state index contributed by atoms with van der Waals surface area (Å²) in [5.74, 6) is 1.67. The Morgan fingerprint density at radius 2 is 2.12 bits per heavy atom.